The zero-order valence-corrected chi connectivity index (χ0v) is 12.7. The highest BCUT2D eigenvalue weighted by Gasteiger charge is 2.08. The maximum absolute atomic E-state index is 11.8. The van der Waals surface area contributed by atoms with Gasteiger partial charge >= 0.3 is 0 Å². The van der Waals surface area contributed by atoms with E-state index in [-0.39, 0.29) is 5.91 Å². The van der Waals surface area contributed by atoms with Crippen LogP contribution in [0.4, 0.5) is 5.82 Å². The third-order valence-electron chi connectivity index (χ3n) is 2.81. The van der Waals surface area contributed by atoms with E-state index >= 15 is 0 Å². The fourth-order valence-corrected chi connectivity index (χ4v) is 1.88. The van der Waals surface area contributed by atoms with Gasteiger partial charge in [0.25, 0.3) is 0 Å². The lowest BCUT2D eigenvalue weighted by Crippen LogP contribution is -2.31. The van der Waals surface area contributed by atoms with Gasteiger partial charge in [-0.15, -0.1) is 0 Å². The second kappa shape index (κ2) is 7.36. The highest BCUT2D eigenvalue weighted by Crippen LogP contribution is 2.17. The van der Waals surface area contributed by atoms with Gasteiger partial charge in [0.2, 0.25) is 5.91 Å². The first-order chi connectivity index (χ1) is 8.58. The molecule has 0 radical (unpaired) electrons. The fraction of sp³-hybridized carbons (Fsp3) is 0.538. The van der Waals surface area contributed by atoms with E-state index in [1.807, 2.05) is 31.7 Å². The van der Waals surface area contributed by atoms with Crippen LogP contribution in [-0.4, -0.2) is 35.4 Å². The lowest BCUT2D eigenvalue weighted by molar-refractivity contribution is -0.130. The molecule has 0 spiro atoms. The van der Waals surface area contributed by atoms with Gasteiger partial charge in [-0.1, -0.05) is 0 Å². The summed E-state index contributed by atoms with van der Waals surface area (Å²) in [5.41, 5.74) is 1.13. The van der Waals surface area contributed by atoms with E-state index in [0.29, 0.717) is 13.0 Å². The number of carbonyl (C=O) groups excluding carboxylic acids is 1. The molecular formula is C13H20BrN3O. The normalized spacial score (nSPS) is 10.2. The number of aryl methyl sites for hydroxylation is 1. The molecule has 0 bridgehead atoms. The van der Waals surface area contributed by atoms with Gasteiger partial charge in [-0.05, 0) is 48.3 Å². The minimum absolute atomic E-state index is 0.182. The Labute approximate surface area is 117 Å². The van der Waals surface area contributed by atoms with Crippen LogP contribution < -0.4 is 5.32 Å². The Bertz CT molecular complexity index is 405. The molecule has 5 heteroatoms. The van der Waals surface area contributed by atoms with E-state index < -0.39 is 0 Å². The van der Waals surface area contributed by atoms with Crippen LogP contribution >= 0.6 is 15.9 Å². The van der Waals surface area contributed by atoms with Crippen molar-refractivity contribution < 1.29 is 4.79 Å². The maximum Gasteiger partial charge on any atom is 0.224 e. The first-order valence-corrected chi connectivity index (χ1v) is 7.01. The van der Waals surface area contributed by atoms with Crippen LogP contribution in [0.15, 0.2) is 16.7 Å². The number of hydrogen-bond donors (Lipinski definition) is 1. The third kappa shape index (κ3) is 4.29. The Balaban J connectivity index is 2.41. The number of aromatic nitrogens is 1. The van der Waals surface area contributed by atoms with Crippen molar-refractivity contribution in [1.29, 1.82) is 0 Å². The highest BCUT2D eigenvalue weighted by atomic mass is 79.9. The molecule has 0 aliphatic heterocycles. The number of pyridine rings is 1. The first-order valence-electron chi connectivity index (χ1n) is 6.22. The Morgan fingerprint density at radius 2 is 2.11 bits per heavy atom. The highest BCUT2D eigenvalue weighted by molar-refractivity contribution is 9.10. The monoisotopic (exact) mass is 313 g/mol. The Kier molecular flexibility index (Phi) is 6.12. The summed E-state index contributed by atoms with van der Waals surface area (Å²) in [6, 6.07) is 1.96. The number of hydrogen-bond acceptors (Lipinski definition) is 3. The van der Waals surface area contributed by atoms with Gasteiger partial charge in [-0.2, -0.15) is 0 Å². The van der Waals surface area contributed by atoms with E-state index in [2.05, 4.69) is 26.2 Å². The standard InChI is InChI=1S/C13H20BrN3O/c1-4-17(5-2)13(18)6-7-15-12-8-10(3)11(14)9-16-12/h8-9H,4-7H2,1-3H3,(H,15,16). The van der Waals surface area contributed by atoms with E-state index in [1.54, 1.807) is 6.20 Å². The molecule has 0 aromatic carbocycles. The van der Waals surface area contributed by atoms with Gasteiger partial charge in [0.1, 0.15) is 5.82 Å². The second-order valence-electron chi connectivity index (χ2n) is 4.06. The molecule has 0 atom stereocenters. The molecule has 0 saturated heterocycles. The van der Waals surface area contributed by atoms with Crippen LogP contribution in [0.2, 0.25) is 0 Å². The molecule has 18 heavy (non-hydrogen) atoms. The average Bonchev–Trinajstić information content (AvgIpc) is 2.35. The molecule has 4 nitrogen and oxygen atoms in total. The van der Waals surface area contributed by atoms with E-state index in [4.69, 9.17) is 0 Å². The summed E-state index contributed by atoms with van der Waals surface area (Å²) in [4.78, 5) is 17.8. The molecule has 0 saturated carbocycles. The molecule has 1 amide bonds. The Morgan fingerprint density at radius 1 is 1.44 bits per heavy atom. The summed E-state index contributed by atoms with van der Waals surface area (Å²) < 4.78 is 0.993. The van der Waals surface area contributed by atoms with Crippen molar-refractivity contribution in [3.63, 3.8) is 0 Å². The van der Waals surface area contributed by atoms with Crippen LogP contribution in [0.5, 0.6) is 0 Å². The molecule has 1 heterocycles. The van der Waals surface area contributed by atoms with Crippen molar-refractivity contribution in [1.82, 2.24) is 9.88 Å². The van der Waals surface area contributed by atoms with Gasteiger partial charge in [0.15, 0.2) is 0 Å². The number of amides is 1. The first kappa shape index (κ1) is 15.0. The van der Waals surface area contributed by atoms with Crippen LogP contribution in [0, 0.1) is 6.92 Å². The van der Waals surface area contributed by atoms with E-state index in [0.717, 1.165) is 28.9 Å². The molecule has 1 rings (SSSR count). The molecular weight excluding hydrogens is 294 g/mol. The van der Waals surface area contributed by atoms with Gasteiger partial charge in [-0.3, -0.25) is 4.79 Å². The smallest absolute Gasteiger partial charge is 0.224 e. The molecule has 100 valence electrons. The lowest BCUT2D eigenvalue weighted by Gasteiger charge is -2.18. The van der Waals surface area contributed by atoms with E-state index in [9.17, 15) is 4.79 Å². The molecule has 0 unspecified atom stereocenters. The molecule has 1 aromatic heterocycles. The fourth-order valence-electron chi connectivity index (χ4n) is 1.67. The van der Waals surface area contributed by atoms with Crippen molar-refractivity contribution in [2.45, 2.75) is 27.2 Å². The van der Waals surface area contributed by atoms with Crippen molar-refractivity contribution in [3.05, 3.63) is 22.3 Å². The van der Waals surface area contributed by atoms with Gasteiger partial charge in [0.05, 0.1) is 0 Å². The average molecular weight is 314 g/mol. The summed E-state index contributed by atoms with van der Waals surface area (Å²) in [6.07, 6.45) is 2.27. The second-order valence-corrected chi connectivity index (χ2v) is 4.92. The molecule has 1 aromatic rings. The van der Waals surface area contributed by atoms with Crippen LogP contribution in [0.25, 0.3) is 0 Å². The molecule has 0 fully saturated rings. The topological polar surface area (TPSA) is 45.2 Å². The van der Waals surface area contributed by atoms with E-state index in [1.165, 1.54) is 0 Å². The maximum atomic E-state index is 11.8. The predicted molar refractivity (Wildman–Crippen MR) is 77.7 cm³/mol. The number of carbonyl (C=O) groups is 1. The Morgan fingerprint density at radius 3 is 2.67 bits per heavy atom. The van der Waals surface area contributed by atoms with Gasteiger partial charge in [-0.25, -0.2) is 4.98 Å². The quantitative estimate of drug-likeness (QED) is 0.878. The SMILES string of the molecule is CCN(CC)C(=O)CCNc1cc(C)c(Br)cn1. The summed E-state index contributed by atoms with van der Waals surface area (Å²) in [6.45, 7) is 8.15. The third-order valence-corrected chi connectivity index (χ3v) is 3.64. The predicted octanol–water partition coefficient (Wildman–Crippen LogP) is 2.82. The minimum atomic E-state index is 0.182. The summed E-state index contributed by atoms with van der Waals surface area (Å²) in [5, 5.41) is 3.17. The number of nitrogens with zero attached hydrogens (tertiary/aromatic N) is 2. The van der Waals surface area contributed by atoms with Crippen molar-refractivity contribution in [2.24, 2.45) is 0 Å². The number of anilines is 1. The Hall–Kier alpha value is -1.10. The van der Waals surface area contributed by atoms with Crippen molar-refractivity contribution >= 4 is 27.7 Å². The molecule has 1 N–H and O–H groups in total. The van der Waals surface area contributed by atoms with Crippen LogP contribution in [0.1, 0.15) is 25.8 Å². The number of nitrogens with one attached hydrogen (secondary N) is 1. The summed E-state index contributed by atoms with van der Waals surface area (Å²) in [7, 11) is 0. The van der Waals surface area contributed by atoms with Crippen LogP contribution in [0.3, 0.4) is 0 Å². The van der Waals surface area contributed by atoms with Crippen LogP contribution in [-0.2, 0) is 4.79 Å². The largest absolute Gasteiger partial charge is 0.370 e. The lowest BCUT2D eigenvalue weighted by atomic mass is 10.3. The van der Waals surface area contributed by atoms with Gasteiger partial charge < -0.3 is 10.2 Å². The molecule has 0 aliphatic rings. The zero-order valence-electron chi connectivity index (χ0n) is 11.2. The number of halogens is 1. The number of rotatable bonds is 6. The summed E-state index contributed by atoms with van der Waals surface area (Å²) >= 11 is 3.41. The minimum Gasteiger partial charge on any atom is -0.370 e. The van der Waals surface area contributed by atoms with Gasteiger partial charge in [0, 0.05) is 36.7 Å². The zero-order chi connectivity index (χ0) is 13.5. The summed E-state index contributed by atoms with van der Waals surface area (Å²) in [5.74, 6) is 0.990. The van der Waals surface area contributed by atoms with Crippen molar-refractivity contribution in [2.75, 3.05) is 25.0 Å². The molecule has 0 aliphatic carbocycles. The van der Waals surface area contributed by atoms with Crippen molar-refractivity contribution in [3.8, 4) is 0 Å².